The van der Waals surface area contributed by atoms with Crippen molar-refractivity contribution in [2.24, 2.45) is 0 Å². The number of carboxylic acid groups (broad SMARTS) is 1. The normalized spacial score (nSPS) is 14.4. The maximum Gasteiger partial charge on any atom is 0.304 e. The monoisotopic (exact) mass is 262 g/mol. The van der Waals surface area contributed by atoms with Gasteiger partial charge in [0.15, 0.2) is 0 Å². The van der Waals surface area contributed by atoms with Gasteiger partial charge in [0.2, 0.25) is 0 Å². The van der Waals surface area contributed by atoms with Crippen LogP contribution in [0.15, 0.2) is 18.2 Å². The zero-order chi connectivity index (χ0) is 13.8. The first-order chi connectivity index (χ1) is 9.10. The summed E-state index contributed by atoms with van der Waals surface area (Å²) in [5, 5.41) is 17.7. The van der Waals surface area contributed by atoms with Crippen molar-refractivity contribution in [1.29, 1.82) is 5.26 Å². The van der Waals surface area contributed by atoms with E-state index in [2.05, 4.69) is 0 Å². The highest BCUT2D eigenvalue weighted by molar-refractivity contribution is 5.66. The van der Waals surface area contributed by atoms with Crippen molar-refractivity contribution in [3.63, 3.8) is 0 Å². The molecule has 100 valence electrons. The van der Waals surface area contributed by atoms with E-state index in [4.69, 9.17) is 10.4 Å². The minimum absolute atomic E-state index is 0.0632. The molecule has 4 nitrogen and oxygen atoms in total. The highest BCUT2D eigenvalue weighted by Crippen LogP contribution is 2.29. The van der Waals surface area contributed by atoms with Gasteiger partial charge in [-0.15, -0.1) is 0 Å². The average molecular weight is 262 g/mol. The van der Waals surface area contributed by atoms with Gasteiger partial charge in [0.05, 0.1) is 18.1 Å². The molecule has 1 aromatic carbocycles. The van der Waals surface area contributed by atoms with E-state index >= 15 is 0 Å². The quantitative estimate of drug-likeness (QED) is 0.853. The summed E-state index contributed by atoms with van der Waals surface area (Å²) in [4.78, 5) is 12.7. The lowest BCUT2D eigenvalue weighted by molar-refractivity contribution is -0.137. The molecule has 2 rings (SSSR count). The molecule has 1 aromatic rings. The molecule has 5 heteroatoms. The Bertz CT molecular complexity index is 521. The van der Waals surface area contributed by atoms with Crippen LogP contribution in [0, 0.1) is 17.1 Å². The average Bonchev–Trinajstić information content (AvgIpc) is 3.18. The van der Waals surface area contributed by atoms with Crippen molar-refractivity contribution >= 4 is 5.97 Å². The fourth-order valence-electron chi connectivity index (χ4n) is 2.09. The molecule has 0 atom stereocenters. The molecule has 0 unspecified atom stereocenters. The van der Waals surface area contributed by atoms with Crippen molar-refractivity contribution in [1.82, 2.24) is 4.90 Å². The Balaban J connectivity index is 2.10. The van der Waals surface area contributed by atoms with Crippen molar-refractivity contribution in [3.05, 3.63) is 35.1 Å². The second-order valence-electron chi connectivity index (χ2n) is 4.76. The molecular formula is C14H15FN2O2. The third kappa shape index (κ3) is 3.76. The first kappa shape index (κ1) is 13.5. The van der Waals surface area contributed by atoms with E-state index in [9.17, 15) is 9.18 Å². The van der Waals surface area contributed by atoms with Gasteiger partial charge in [-0.3, -0.25) is 9.69 Å². The molecular weight excluding hydrogens is 247 g/mol. The lowest BCUT2D eigenvalue weighted by atomic mass is 10.1. The van der Waals surface area contributed by atoms with Crippen LogP contribution in [-0.2, 0) is 11.3 Å². The lowest BCUT2D eigenvalue weighted by Gasteiger charge is -2.21. The van der Waals surface area contributed by atoms with Crippen LogP contribution in [0.5, 0.6) is 0 Å². The van der Waals surface area contributed by atoms with Crippen molar-refractivity contribution in [3.8, 4) is 6.07 Å². The number of halogens is 1. The van der Waals surface area contributed by atoms with Gasteiger partial charge in [-0.05, 0) is 36.6 Å². The number of hydrogen-bond donors (Lipinski definition) is 1. The Morgan fingerprint density at radius 3 is 2.84 bits per heavy atom. The fraction of sp³-hybridized carbons (Fsp3) is 0.429. The summed E-state index contributed by atoms with van der Waals surface area (Å²) < 4.78 is 13.2. The van der Waals surface area contributed by atoms with E-state index in [1.54, 1.807) is 0 Å². The first-order valence-electron chi connectivity index (χ1n) is 6.24. The van der Waals surface area contributed by atoms with Crippen molar-refractivity contribution in [2.75, 3.05) is 6.54 Å². The Kier molecular flexibility index (Phi) is 4.13. The van der Waals surface area contributed by atoms with Crippen LogP contribution in [0.2, 0.25) is 0 Å². The number of aliphatic carboxylic acids is 1. The van der Waals surface area contributed by atoms with Gasteiger partial charge in [0, 0.05) is 19.1 Å². The Morgan fingerprint density at radius 1 is 1.53 bits per heavy atom. The predicted octanol–water partition coefficient (Wildman–Crippen LogP) is 2.14. The first-order valence-corrected chi connectivity index (χ1v) is 6.24. The number of nitrogens with zero attached hydrogens (tertiary/aromatic N) is 2. The summed E-state index contributed by atoms with van der Waals surface area (Å²) in [6, 6.07) is 6.50. The second kappa shape index (κ2) is 5.81. The summed E-state index contributed by atoms with van der Waals surface area (Å²) >= 11 is 0. The Labute approximate surface area is 111 Å². The SMILES string of the molecule is N#Cc1ccc(F)cc1CN(CCC(=O)O)C1CC1. The van der Waals surface area contributed by atoms with Crippen molar-refractivity contribution < 1.29 is 14.3 Å². The van der Waals surface area contributed by atoms with E-state index in [1.165, 1.54) is 18.2 Å². The van der Waals surface area contributed by atoms with E-state index in [0.717, 1.165) is 12.8 Å². The smallest absolute Gasteiger partial charge is 0.304 e. The van der Waals surface area contributed by atoms with Gasteiger partial charge in [-0.25, -0.2) is 4.39 Å². The molecule has 0 amide bonds. The molecule has 0 saturated heterocycles. The van der Waals surface area contributed by atoms with E-state index in [1.807, 2.05) is 11.0 Å². The Morgan fingerprint density at radius 2 is 2.26 bits per heavy atom. The minimum Gasteiger partial charge on any atom is -0.481 e. The zero-order valence-electron chi connectivity index (χ0n) is 10.5. The number of rotatable bonds is 6. The van der Waals surface area contributed by atoms with Crippen molar-refractivity contribution in [2.45, 2.75) is 31.8 Å². The van der Waals surface area contributed by atoms with E-state index in [-0.39, 0.29) is 12.2 Å². The predicted molar refractivity (Wildman–Crippen MR) is 66.8 cm³/mol. The second-order valence-corrected chi connectivity index (χ2v) is 4.76. The molecule has 0 spiro atoms. The van der Waals surface area contributed by atoms with Crippen LogP contribution in [0.1, 0.15) is 30.4 Å². The molecule has 0 heterocycles. The van der Waals surface area contributed by atoms with Crippen LogP contribution in [0.25, 0.3) is 0 Å². The van der Waals surface area contributed by atoms with Crippen LogP contribution < -0.4 is 0 Å². The fourth-order valence-corrected chi connectivity index (χ4v) is 2.09. The molecule has 1 aliphatic carbocycles. The summed E-state index contributed by atoms with van der Waals surface area (Å²) in [7, 11) is 0. The Hall–Kier alpha value is -1.93. The summed E-state index contributed by atoms with van der Waals surface area (Å²) in [6.07, 6.45) is 2.14. The van der Waals surface area contributed by atoms with Gasteiger partial charge in [-0.2, -0.15) is 5.26 Å². The standard InChI is InChI=1S/C14H15FN2O2/c15-12-2-1-10(8-16)11(7-12)9-17(13-3-4-13)6-5-14(18)19/h1-2,7,13H,3-6,9H2,(H,18,19). The molecule has 1 fully saturated rings. The van der Waals surface area contributed by atoms with Crippen LogP contribution >= 0.6 is 0 Å². The van der Waals surface area contributed by atoms with Crippen LogP contribution in [0.3, 0.4) is 0 Å². The third-order valence-electron chi connectivity index (χ3n) is 3.24. The zero-order valence-corrected chi connectivity index (χ0v) is 10.5. The van der Waals surface area contributed by atoms with Gasteiger partial charge >= 0.3 is 5.97 Å². The number of hydrogen-bond acceptors (Lipinski definition) is 3. The third-order valence-corrected chi connectivity index (χ3v) is 3.24. The van der Waals surface area contributed by atoms with Gasteiger partial charge in [-0.1, -0.05) is 0 Å². The molecule has 0 bridgehead atoms. The molecule has 1 aliphatic rings. The molecule has 0 radical (unpaired) electrons. The lowest BCUT2D eigenvalue weighted by Crippen LogP contribution is -2.28. The molecule has 1 N–H and O–H groups in total. The molecule has 1 saturated carbocycles. The largest absolute Gasteiger partial charge is 0.481 e. The molecule has 0 aromatic heterocycles. The number of carboxylic acids is 1. The maximum absolute atomic E-state index is 13.2. The maximum atomic E-state index is 13.2. The van der Waals surface area contributed by atoms with Gasteiger partial charge in [0.25, 0.3) is 0 Å². The van der Waals surface area contributed by atoms with Crippen LogP contribution in [-0.4, -0.2) is 28.6 Å². The van der Waals surface area contributed by atoms with Crippen LogP contribution in [0.4, 0.5) is 4.39 Å². The van der Waals surface area contributed by atoms with E-state index < -0.39 is 5.97 Å². The molecule has 19 heavy (non-hydrogen) atoms. The van der Waals surface area contributed by atoms with Gasteiger partial charge < -0.3 is 5.11 Å². The van der Waals surface area contributed by atoms with E-state index in [0.29, 0.717) is 30.3 Å². The summed E-state index contributed by atoms with van der Waals surface area (Å²) in [5.41, 5.74) is 1.07. The number of nitriles is 1. The van der Waals surface area contributed by atoms with Gasteiger partial charge in [0.1, 0.15) is 5.82 Å². The topological polar surface area (TPSA) is 64.3 Å². The summed E-state index contributed by atoms with van der Waals surface area (Å²) in [6.45, 7) is 0.861. The highest BCUT2D eigenvalue weighted by atomic mass is 19.1. The highest BCUT2D eigenvalue weighted by Gasteiger charge is 2.29. The number of carbonyl (C=O) groups is 1. The minimum atomic E-state index is -0.842. The number of benzene rings is 1. The summed E-state index contributed by atoms with van der Waals surface area (Å²) in [5.74, 6) is -1.21. The molecule has 0 aliphatic heterocycles.